The van der Waals surface area contributed by atoms with Gasteiger partial charge in [0.05, 0.1) is 18.7 Å². The summed E-state index contributed by atoms with van der Waals surface area (Å²) in [6.45, 7) is 5.20. The Balaban J connectivity index is 2.39. The average Bonchev–Trinajstić information content (AvgIpc) is 2.56. The minimum Gasteiger partial charge on any atom is -0.504 e. The molecule has 0 fully saturated rings. The Morgan fingerprint density at radius 3 is 2.39 bits per heavy atom. The summed E-state index contributed by atoms with van der Waals surface area (Å²) in [7, 11) is 1.67. The van der Waals surface area contributed by atoms with E-state index >= 15 is 0 Å². The lowest BCUT2D eigenvalue weighted by Crippen LogP contribution is -2.20. The molecule has 23 heavy (non-hydrogen) atoms. The first kappa shape index (κ1) is 17.2. The fourth-order valence-electron chi connectivity index (χ4n) is 2.35. The molecule has 2 rings (SSSR count). The van der Waals surface area contributed by atoms with Gasteiger partial charge in [-0.05, 0) is 25.0 Å². The van der Waals surface area contributed by atoms with Crippen LogP contribution >= 0.6 is 0 Å². The molecule has 0 saturated heterocycles. The molecule has 0 saturated carbocycles. The van der Waals surface area contributed by atoms with Crippen molar-refractivity contribution < 1.29 is 14.6 Å². The van der Waals surface area contributed by atoms with E-state index in [2.05, 4.69) is 6.92 Å². The highest BCUT2D eigenvalue weighted by Crippen LogP contribution is 2.33. The zero-order valence-corrected chi connectivity index (χ0v) is 14.1. The Morgan fingerprint density at radius 1 is 1.09 bits per heavy atom. The number of unbranched alkanes of at least 4 members (excludes halogenated alkanes) is 2. The molecule has 1 N–H and O–H groups in total. The molecule has 0 bridgehead atoms. The van der Waals surface area contributed by atoms with Gasteiger partial charge in [-0.3, -0.25) is 4.79 Å². The minimum atomic E-state index is -0.336. The number of hydrogen-bond acceptors (Lipinski definition) is 4. The standard InChI is InChI=1S/C18H25NO4/c1-4-6-10-22-13-8-9-14-15(12-13)19(3)18(21)17(16(14)20)23-11-7-5-2/h8-9,12,20H,4-7,10-11H2,1-3H3. The number of fused-ring (bicyclic) bond motifs is 1. The van der Waals surface area contributed by atoms with Gasteiger partial charge in [-0.25, -0.2) is 0 Å². The van der Waals surface area contributed by atoms with E-state index in [-0.39, 0.29) is 17.1 Å². The van der Waals surface area contributed by atoms with Crippen LogP contribution in [0.25, 0.3) is 10.9 Å². The molecule has 1 aromatic heterocycles. The smallest absolute Gasteiger partial charge is 0.297 e. The molecule has 2 aromatic rings. The van der Waals surface area contributed by atoms with Gasteiger partial charge < -0.3 is 19.1 Å². The molecule has 1 heterocycles. The molecule has 0 spiro atoms. The molecule has 0 radical (unpaired) electrons. The van der Waals surface area contributed by atoms with E-state index in [9.17, 15) is 9.90 Å². The minimum absolute atomic E-state index is 0.0214. The molecule has 0 unspecified atom stereocenters. The molecule has 126 valence electrons. The number of benzene rings is 1. The van der Waals surface area contributed by atoms with Crippen LogP contribution in [0.4, 0.5) is 0 Å². The predicted octanol–water partition coefficient (Wildman–Crippen LogP) is 3.60. The Kier molecular flexibility index (Phi) is 5.90. The fourth-order valence-corrected chi connectivity index (χ4v) is 2.35. The van der Waals surface area contributed by atoms with Gasteiger partial charge in [0.15, 0.2) is 5.75 Å². The second-order valence-electron chi connectivity index (χ2n) is 5.62. The van der Waals surface area contributed by atoms with Crippen LogP contribution in [0.5, 0.6) is 17.2 Å². The molecule has 1 aromatic carbocycles. The first-order valence-electron chi connectivity index (χ1n) is 8.21. The third kappa shape index (κ3) is 3.78. The number of aryl methyl sites for hydroxylation is 1. The van der Waals surface area contributed by atoms with E-state index < -0.39 is 0 Å². The van der Waals surface area contributed by atoms with Crippen LogP contribution in [0.15, 0.2) is 23.0 Å². The molecular weight excluding hydrogens is 294 g/mol. The Morgan fingerprint density at radius 2 is 1.74 bits per heavy atom. The molecule has 0 atom stereocenters. The molecule has 5 nitrogen and oxygen atoms in total. The number of aromatic nitrogens is 1. The van der Waals surface area contributed by atoms with Crippen molar-refractivity contribution in [1.29, 1.82) is 0 Å². The van der Waals surface area contributed by atoms with Crippen LogP contribution in [0.1, 0.15) is 39.5 Å². The number of hydrogen-bond donors (Lipinski definition) is 1. The summed E-state index contributed by atoms with van der Waals surface area (Å²) in [5.41, 5.74) is 0.293. The van der Waals surface area contributed by atoms with Gasteiger partial charge in [-0.2, -0.15) is 0 Å². The van der Waals surface area contributed by atoms with E-state index in [0.717, 1.165) is 25.7 Å². The Labute approximate surface area is 136 Å². The van der Waals surface area contributed by atoms with Crippen molar-refractivity contribution >= 4 is 10.9 Å². The van der Waals surface area contributed by atoms with Crippen LogP contribution < -0.4 is 15.0 Å². The lowest BCUT2D eigenvalue weighted by atomic mass is 10.1. The van der Waals surface area contributed by atoms with Gasteiger partial charge in [0.25, 0.3) is 5.56 Å². The quantitative estimate of drug-likeness (QED) is 0.755. The van der Waals surface area contributed by atoms with Crippen molar-refractivity contribution in [3.8, 4) is 17.2 Å². The third-order valence-corrected chi connectivity index (χ3v) is 3.81. The first-order valence-corrected chi connectivity index (χ1v) is 8.21. The van der Waals surface area contributed by atoms with E-state index in [1.54, 1.807) is 25.2 Å². The third-order valence-electron chi connectivity index (χ3n) is 3.81. The summed E-state index contributed by atoms with van der Waals surface area (Å²) in [4.78, 5) is 12.4. The Hall–Kier alpha value is -2.17. The zero-order chi connectivity index (χ0) is 16.8. The van der Waals surface area contributed by atoms with Crippen molar-refractivity contribution in [1.82, 2.24) is 4.57 Å². The normalized spacial score (nSPS) is 10.9. The maximum absolute atomic E-state index is 12.4. The summed E-state index contributed by atoms with van der Waals surface area (Å²) in [6, 6.07) is 5.35. The van der Waals surface area contributed by atoms with Crippen molar-refractivity contribution in [2.24, 2.45) is 7.05 Å². The van der Waals surface area contributed by atoms with Gasteiger partial charge in [-0.15, -0.1) is 0 Å². The highest BCUT2D eigenvalue weighted by atomic mass is 16.5. The van der Waals surface area contributed by atoms with E-state index in [1.807, 2.05) is 6.92 Å². The molecule has 0 aliphatic heterocycles. The van der Waals surface area contributed by atoms with Gasteiger partial charge in [0, 0.05) is 18.5 Å². The number of aromatic hydroxyl groups is 1. The highest BCUT2D eigenvalue weighted by Gasteiger charge is 2.16. The number of ether oxygens (including phenoxy) is 2. The summed E-state index contributed by atoms with van der Waals surface area (Å²) < 4.78 is 12.7. The maximum Gasteiger partial charge on any atom is 0.297 e. The van der Waals surface area contributed by atoms with Crippen molar-refractivity contribution in [3.63, 3.8) is 0 Å². The van der Waals surface area contributed by atoms with E-state index in [4.69, 9.17) is 9.47 Å². The van der Waals surface area contributed by atoms with Gasteiger partial charge in [0.2, 0.25) is 5.75 Å². The van der Waals surface area contributed by atoms with Gasteiger partial charge in [0.1, 0.15) is 5.75 Å². The van der Waals surface area contributed by atoms with Crippen molar-refractivity contribution in [3.05, 3.63) is 28.6 Å². The monoisotopic (exact) mass is 319 g/mol. The second-order valence-corrected chi connectivity index (χ2v) is 5.62. The number of rotatable bonds is 8. The topological polar surface area (TPSA) is 60.7 Å². The van der Waals surface area contributed by atoms with E-state index in [0.29, 0.717) is 29.9 Å². The van der Waals surface area contributed by atoms with Crippen LogP contribution in [0.2, 0.25) is 0 Å². The van der Waals surface area contributed by atoms with E-state index in [1.165, 1.54) is 4.57 Å². The molecule has 0 aliphatic rings. The average molecular weight is 319 g/mol. The van der Waals surface area contributed by atoms with Crippen LogP contribution in [0.3, 0.4) is 0 Å². The zero-order valence-electron chi connectivity index (χ0n) is 14.1. The molecule has 0 amide bonds. The van der Waals surface area contributed by atoms with Crippen molar-refractivity contribution in [2.75, 3.05) is 13.2 Å². The molecule has 5 heteroatoms. The van der Waals surface area contributed by atoms with Gasteiger partial charge >= 0.3 is 0 Å². The first-order chi connectivity index (χ1) is 11.1. The molecular formula is C18H25NO4. The maximum atomic E-state index is 12.4. The molecule has 0 aliphatic carbocycles. The largest absolute Gasteiger partial charge is 0.504 e. The lowest BCUT2D eigenvalue weighted by molar-refractivity contribution is 0.288. The second kappa shape index (κ2) is 7.90. The summed E-state index contributed by atoms with van der Waals surface area (Å²) in [6.07, 6.45) is 3.84. The van der Waals surface area contributed by atoms with Crippen LogP contribution in [0, 0.1) is 0 Å². The predicted molar refractivity (Wildman–Crippen MR) is 91.7 cm³/mol. The van der Waals surface area contributed by atoms with Crippen molar-refractivity contribution in [2.45, 2.75) is 39.5 Å². The highest BCUT2D eigenvalue weighted by molar-refractivity contribution is 5.88. The summed E-state index contributed by atoms with van der Waals surface area (Å²) in [5, 5.41) is 11.0. The number of nitrogens with zero attached hydrogens (tertiary/aromatic N) is 1. The SMILES string of the molecule is CCCCOc1ccc2c(O)c(OCCCC)c(=O)n(C)c2c1. The van der Waals surface area contributed by atoms with Crippen LogP contribution in [-0.4, -0.2) is 22.9 Å². The summed E-state index contributed by atoms with van der Waals surface area (Å²) in [5.74, 6) is 0.618. The summed E-state index contributed by atoms with van der Waals surface area (Å²) >= 11 is 0. The van der Waals surface area contributed by atoms with Gasteiger partial charge in [-0.1, -0.05) is 26.7 Å². The van der Waals surface area contributed by atoms with Crippen LogP contribution in [-0.2, 0) is 7.05 Å². The Bertz CT molecular complexity index is 721. The fraction of sp³-hybridized carbons (Fsp3) is 0.500. The number of pyridine rings is 1. The lowest BCUT2D eigenvalue weighted by Gasteiger charge is -2.14.